The molecule has 0 amide bonds. The molecule has 0 fully saturated rings. The second kappa shape index (κ2) is 7.54. The van der Waals surface area contributed by atoms with E-state index in [1.807, 2.05) is 0 Å². The van der Waals surface area contributed by atoms with E-state index >= 15 is 0 Å². The summed E-state index contributed by atoms with van der Waals surface area (Å²) in [5.74, 6) is 1.88. The second-order valence-corrected chi connectivity index (χ2v) is 4.93. The van der Waals surface area contributed by atoms with Crippen molar-refractivity contribution in [3.8, 4) is 0 Å². The summed E-state index contributed by atoms with van der Waals surface area (Å²) in [4.78, 5) is 11.0. The van der Waals surface area contributed by atoms with Crippen LogP contribution in [0.25, 0.3) is 0 Å². The van der Waals surface area contributed by atoms with E-state index in [0.717, 1.165) is 37.8 Å². The van der Waals surface area contributed by atoms with Gasteiger partial charge >= 0.3 is 0 Å². The van der Waals surface area contributed by atoms with Crippen molar-refractivity contribution in [1.29, 1.82) is 0 Å². The number of likely N-dealkylation sites (N-methyl/N-ethyl adjacent to an activating group) is 1. The van der Waals surface area contributed by atoms with Crippen LogP contribution in [0.2, 0.25) is 5.15 Å². The number of nitrogens with one attached hydrogen (secondary N) is 1. The lowest BCUT2D eigenvalue weighted by molar-refractivity contribution is 0.316. The standard InChI is InChI=1S/C13H23ClN4/c1-5-18(6-2)8-7-15-12-9-11(14)16-13(17-12)10(3)4/h9-10H,5-8H2,1-4H3,(H,15,16,17). The van der Waals surface area contributed by atoms with E-state index in [1.165, 1.54) is 0 Å². The summed E-state index contributed by atoms with van der Waals surface area (Å²) in [5, 5.41) is 3.80. The maximum absolute atomic E-state index is 5.99. The van der Waals surface area contributed by atoms with E-state index in [2.05, 4.69) is 47.9 Å². The van der Waals surface area contributed by atoms with Gasteiger partial charge in [0.15, 0.2) is 0 Å². The van der Waals surface area contributed by atoms with E-state index in [9.17, 15) is 0 Å². The van der Waals surface area contributed by atoms with Crippen LogP contribution in [0.5, 0.6) is 0 Å². The number of hydrogen-bond donors (Lipinski definition) is 1. The van der Waals surface area contributed by atoms with E-state index in [4.69, 9.17) is 11.6 Å². The van der Waals surface area contributed by atoms with E-state index in [-0.39, 0.29) is 5.92 Å². The fourth-order valence-corrected chi connectivity index (χ4v) is 1.86. The summed E-state index contributed by atoms with van der Waals surface area (Å²) >= 11 is 5.99. The average Bonchev–Trinajstić information content (AvgIpc) is 2.34. The fraction of sp³-hybridized carbons (Fsp3) is 0.692. The predicted molar refractivity (Wildman–Crippen MR) is 77.4 cm³/mol. The van der Waals surface area contributed by atoms with Gasteiger partial charge in [0.25, 0.3) is 0 Å². The first kappa shape index (κ1) is 15.2. The summed E-state index contributed by atoms with van der Waals surface area (Å²) in [6, 6.07) is 1.77. The molecule has 4 nitrogen and oxygen atoms in total. The normalized spacial score (nSPS) is 11.3. The highest BCUT2D eigenvalue weighted by Gasteiger charge is 2.07. The lowest BCUT2D eigenvalue weighted by Gasteiger charge is -2.18. The molecule has 1 rings (SSSR count). The summed E-state index contributed by atoms with van der Waals surface area (Å²) in [6.07, 6.45) is 0. The lowest BCUT2D eigenvalue weighted by Crippen LogP contribution is -2.28. The highest BCUT2D eigenvalue weighted by molar-refractivity contribution is 6.29. The Morgan fingerprint density at radius 3 is 2.50 bits per heavy atom. The average molecular weight is 271 g/mol. The van der Waals surface area contributed by atoms with Crippen LogP contribution in [0.15, 0.2) is 6.07 Å². The molecule has 1 aromatic rings. The van der Waals surface area contributed by atoms with Crippen LogP contribution >= 0.6 is 11.6 Å². The van der Waals surface area contributed by atoms with Crippen molar-refractivity contribution in [2.45, 2.75) is 33.6 Å². The van der Waals surface area contributed by atoms with Gasteiger partial charge < -0.3 is 10.2 Å². The van der Waals surface area contributed by atoms with Crippen LogP contribution in [0, 0.1) is 0 Å². The number of aromatic nitrogens is 2. The maximum Gasteiger partial charge on any atom is 0.135 e. The zero-order valence-electron chi connectivity index (χ0n) is 11.7. The Kier molecular flexibility index (Phi) is 6.36. The summed E-state index contributed by atoms with van der Waals surface area (Å²) in [7, 11) is 0. The molecular weight excluding hydrogens is 248 g/mol. The third-order valence-corrected chi connectivity index (χ3v) is 3.05. The van der Waals surface area contributed by atoms with Crippen molar-refractivity contribution in [1.82, 2.24) is 14.9 Å². The minimum Gasteiger partial charge on any atom is -0.369 e. The molecule has 102 valence electrons. The van der Waals surface area contributed by atoms with Gasteiger partial charge in [-0.25, -0.2) is 9.97 Å². The molecule has 0 spiro atoms. The smallest absolute Gasteiger partial charge is 0.135 e. The van der Waals surface area contributed by atoms with Crippen molar-refractivity contribution in [2.75, 3.05) is 31.5 Å². The van der Waals surface area contributed by atoms with Crippen LogP contribution in [-0.2, 0) is 0 Å². The maximum atomic E-state index is 5.99. The van der Waals surface area contributed by atoms with Crippen LogP contribution in [0.3, 0.4) is 0 Å². The van der Waals surface area contributed by atoms with Gasteiger partial charge in [-0.15, -0.1) is 0 Å². The fourth-order valence-electron chi connectivity index (χ4n) is 1.67. The van der Waals surface area contributed by atoms with Gasteiger partial charge in [-0.1, -0.05) is 39.3 Å². The van der Waals surface area contributed by atoms with Gasteiger partial charge in [-0.05, 0) is 13.1 Å². The molecule has 0 aliphatic heterocycles. The minimum absolute atomic E-state index is 0.284. The van der Waals surface area contributed by atoms with Crippen molar-refractivity contribution in [2.24, 2.45) is 0 Å². The zero-order chi connectivity index (χ0) is 13.5. The molecule has 0 bridgehead atoms. The third-order valence-electron chi connectivity index (χ3n) is 2.86. The van der Waals surface area contributed by atoms with Gasteiger partial charge in [0, 0.05) is 25.1 Å². The van der Waals surface area contributed by atoms with Gasteiger partial charge in [-0.2, -0.15) is 0 Å². The van der Waals surface area contributed by atoms with Crippen LogP contribution in [-0.4, -0.2) is 41.0 Å². The van der Waals surface area contributed by atoms with Gasteiger partial charge in [0.05, 0.1) is 0 Å². The highest BCUT2D eigenvalue weighted by Crippen LogP contribution is 2.16. The molecule has 5 heteroatoms. The van der Waals surface area contributed by atoms with Crippen LogP contribution in [0.1, 0.15) is 39.4 Å². The molecule has 0 atom stereocenters. The van der Waals surface area contributed by atoms with Crippen molar-refractivity contribution in [3.63, 3.8) is 0 Å². The molecule has 0 aromatic carbocycles. The Morgan fingerprint density at radius 2 is 1.94 bits per heavy atom. The molecule has 1 heterocycles. The Morgan fingerprint density at radius 1 is 1.28 bits per heavy atom. The minimum atomic E-state index is 0.284. The number of rotatable bonds is 7. The van der Waals surface area contributed by atoms with E-state index < -0.39 is 0 Å². The predicted octanol–water partition coefficient (Wildman–Crippen LogP) is 3.01. The third kappa shape index (κ3) is 4.78. The Hall–Kier alpha value is -0.870. The molecule has 0 aliphatic carbocycles. The van der Waals surface area contributed by atoms with Crippen molar-refractivity contribution >= 4 is 17.4 Å². The van der Waals surface area contributed by atoms with Crippen molar-refractivity contribution < 1.29 is 0 Å². The second-order valence-electron chi connectivity index (χ2n) is 4.54. The molecule has 0 unspecified atom stereocenters. The number of halogens is 1. The molecule has 1 N–H and O–H groups in total. The van der Waals surface area contributed by atoms with Gasteiger partial charge in [0.1, 0.15) is 16.8 Å². The van der Waals surface area contributed by atoms with E-state index in [1.54, 1.807) is 6.07 Å². The Bertz CT molecular complexity index is 364. The topological polar surface area (TPSA) is 41.0 Å². The zero-order valence-corrected chi connectivity index (χ0v) is 12.5. The largest absolute Gasteiger partial charge is 0.369 e. The summed E-state index contributed by atoms with van der Waals surface area (Å²) < 4.78 is 0. The molecule has 0 radical (unpaired) electrons. The Balaban J connectivity index is 2.56. The first-order valence-electron chi connectivity index (χ1n) is 6.57. The highest BCUT2D eigenvalue weighted by atomic mass is 35.5. The summed E-state index contributed by atoms with van der Waals surface area (Å²) in [6.45, 7) is 12.5. The van der Waals surface area contributed by atoms with Gasteiger partial charge in [0.2, 0.25) is 0 Å². The molecule has 0 saturated heterocycles. The number of nitrogens with zero attached hydrogens (tertiary/aromatic N) is 3. The molecule has 1 aromatic heterocycles. The lowest BCUT2D eigenvalue weighted by atomic mass is 10.2. The number of anilines is 1. The first-order valence-corrected chi connectivity index (χ1v) is 6.95. The SMILES string of the molecule is CCN(CC)CCNc1cc(Cl)nc(C(C)C)n1. The molecular formula is C13H23ClN4. The Labute approximate surface area is 115 Å². The molecule has 0 saturated carbocycles. The monoisotopic (exact) mass is 270 g/mol. The van der Waals surface area contributed by atoms with Gasteiger partial charge in [-0.3, -0.25) is 0 Å². The first-order chi connectivity index (χ1) is 8.56. The molecule has 0 aliphatic rings. The number of hydrogen-bond acceptors (Lipinski definition) is 4. The quantitative estimate of drug-likeness (QED) is 0.774. The van der Waals surface area contributed by atoms with E-state index in [0.29, 0.717) is 5.15 Å². The van der Waals surface area contributed by atoms with Crippen molar-refractivity contribution in [3.05, 3.63) is 17.0 Å². The summed E-state index contributed by atoms with van der Waals surface area (Å²) in [5.41, 5.74) is 0. The van der Waals surface area contributed by atoms with Crippen LogP contribution < -0.4 is 5.32 Å². The molecule has 18 heavy (non-hydrogen) atoms. The van der Waals surface area contributed by atoms with Crippen LogP contribution in [0.4, 0.5) is 5.82 Å².